The van der Waals surface area contributed by atoms with Gasteiger partial charge < -0.3 is 0 Å². The molecule has 0 radical (unpaired) electrons. The van der Waals surface area contributed by atoms with Crippen LogP contribution in [0.2, 0.25) is 0 Å². The molecule has 0 heterocycles. The monoisotopic (exact) mass is 208 g/mol. The second kappa shape index (κ2) is 4.24. The summed E-state index contributed by atoms with van der Waals surface area (Å²) in [7, 11) is -3.20. The number of sulfone groups is 1. The predicted octanol–water partition coefficient (Wildman–Crippen LogP) is 2.26. The van der Waals surface area contributed by atoms with E-state index in [4.69, 9.17) is 0 Å². The van der Waals surface area contributed by atoms with Crippen LogP contribution in [0.15, 0.2) is 48.9 Å². The highest BCUT2D eigenvalue weighted by atomic mass is 32.2. The second-order valence-corrected chi connectivity index (χ2v) is 4.89. The standard InChI is InChI=1S/C11H12O2S/c1-3-14(12,13)9-10(2)11-7-5-4-6-8-11/h3-8H,1-2,9H2. The van der Waals surface area contributed by atoms with E-state index in [2.05, 4.69) is 13.2 Å². The van der Waals surface area contributed by atoms with Gasteiger partial charge >= 0.3 is 0 Å². The molecular weight excluding hydrogens is 196 g/mol. The van der Waals surface area contributed by atoms with Crippen molar-refractivity contribution in [2.75, 3.05) is 5.75 Å². The van der Waals surface area contributed by atoms with E-state index in [1.54, 1.807) is 0 Å². The molecule has 0 amide bonds. The molecule has 1 rings (SSSR count). The fourth-order valence-corrected chi connectivity index (χ4v) is 1.83. The Morgan fingerprint density at radius 3 is 2.36 bits per heavy atom. The van der Waals surface area contributed by atoms with Gasteiger partial charge in [-0.3, -0.25) is 0 Å². The van der Waals surface area contributed by atoms with Gasteiger partial charge in [0.25, 0.3) is 0 Å². The van der Waals surface area contributed by atoms with Crippen molar-refractivity contribution >= 4 is 15.4 Å². The van der Waals surface area contributed by atoms with Crippen molar-refractivity contribution in [3.8, 4) is 0 Å². The Kier molecular flexibility index (Phi) is 3.25. The van der Waals surface area contributed by atoms with Crippen LogP contribution in [0.1, 0.15) is 5.56 Å². The molecule has 0 aromatic heterocycles. The summed E-state index contributed by atoms with van der Waals surface area (Å²) < 4.78 is 22.4. The summed E-state index contributed by atoms with van der Waals surface area (Å²) in [4.78, 5) is 0. The Hall–Kier alpha value is -1.35. The predicted molar refractivity (Wildman–Crippen MR) is 59.5 cm³/mol. The van der Waals surface area contributed by atoms with Crippen LogP contribution in [0.3, 0.4) is 0 Å². The van der Waals surface area contributed by atoms with E-state index in [-0.39, 0.29) is 5.75 Å². The van der Waals surface area contributed by atoms with Gasteiger partial charge in [0.05, 0.1) is 5.75 Å². The number of benzene rings is 1. The van der Waals surface area contributed by atoms with Crippen LogP contribution in [0.25, 0.3) is 5.57 Å². The molecular formula is C11H12O2S. The van der Waals surface area contributed by atoms with Gasteiger partial charge in [0.15, 0.2) is 9.84 Å². The number of rotatable bonds is 4. The van der Waals surface area contributed by atoms with Gasteiger partial charge in [0.2, 0.25) is 0 Å². The summed E-state index contributed by atoms with van der Waals surface area (Å²) in [6.07, 6.45) is 0. The minimum absolute atomic E-state index is 0.0689. The molecule has 0 bridgehead atoms. The van der Waals surface area contributed by atoms with Crippen LogP contribution in [-0.2, 0) is 9.84 Å². The zero-order valence-electron chi connectivity index (χ0n) is 7.81. The molecule has 0 atom stereocenters. The molecule has 0 fully saturated rings. The van der Waals surface area contributed by atoms with Crippen LogP contribution in [-0.4, -0.2) is 14.2 Å². The fourth-order valence-electron chi connectivity index (χ4n) is 1.06. The van der Waals surface area contributed by atoms with Crippen LogP contribution < -0.4 is 0 Å². The molecule has 0 saturated carbocycles. The molecule has 0 aliphatic rings. The molecule has 0 aliphatic carbocycles. The minimum Gasteiger partial charge on any atom is -0.224 e. The maximum atomic E-state index is 11.2. The van der Waals surface area contributed by atoms with Crippen LogP contribution >= 0.6 is 0 Å². The molecule has 1 aromatic carbocycles. The molecule has 0 N–H and O–H groups in total. The molecule has 2 nitrogen and oxygen atoms in total. The van der Waals surface area contributed by atoms with Crippen LogP contribution in [0, 0.1) is 0 Å². The lowest BCUT2D eigenvalue weighted by molar-refractivity contribution is 0.608. The molecule has 74 valence electrons. The Morgan fingerprint density at radius 1 is 1.29 bits per heavy atom. The molecule has 3 heteroatoms. The molecule has 0 aliphatic heterocycles. The van der Waals surface area contributed by atoms with Gasteiger partial charge in [-0.25, -0.2) is 8.42 Å². The Bertz CT molecular complexity index is 430. The zero-order valence-corrected chi connectivity index (χ0v) is 8.63. The molecule has 1 aromatic rings. The first-order chi connectivity index (χ1) is 6.55. The Morgan fingerprint density at radius 2 is 1.86 bits per heavy atom. The van der Waals surface area contributed by atoms with E-state index in [0.717, 1.165) is 11.0 Å². The second-order valence-electron chi connectivity index (χ2n) is 2.94. The third kappa shape index (κ3) is 2.85. The van der Waals surface area contributed by atoms with Gasteiger partial charge in [0.1, 0.15) is 0 Å². The van der Waals surface area contributed by atoms with Crippen molar-refractivity contribution in [3.63, 3.8) is 0 Å². The molecule has 0 unspecified atom stereocenters. The van der Waals surface area contributed by atoms with Crippen molar-refractivity contribution in [2.24, 2.45) is 0 Å². The summed E-state index contributed by atoms with van der Waals surface area (Å²) in [6.45, 7) is 6.98. The van der Waals surface area contributed by atoms with E-state index in [1.807, 2.05) is 30.3 Å². The molecule has 14 heavy (non-hydrogen) atoms. The lowest BCUT2D eigenvalue weighted by Gasteiger charge is -2.03. The Labute approximate surface area is 84.5 Å². The highest BCUT2D eigenvalue weighted by molar-refractivity contribution is 7.94. The highest BCUT2D eigenvalue weighted by Crippen LogP contribution is 2.14. The fraction of sp³-hybridized carbons (Fsp3) is 0.0909. The molecule has 0 saturated heterocycles. The van der Waals surface area contributed by atoms with E-state index >= 15 is 0 Å². The van der Waals surface area contributed by atoms with Crippen molar-refractivity contribution in [1.29, 1.82) is 0 Å². The smallest absolute Gasteiger partial charge is 0.175 e. The minimum atomic E-state index is -3.20. The normalized spacial score (nSPS) is 10.9. The summed E-state index contributed by atoms with van der Waals surface area (Å²) >= 11 is 0. The lowest BCUT2D eigenvalue weighted by atomic mass is 10.1. The number of hydrogen-bond acceptors (Lipinski definition) is 2. The third-order valence-electron chi connectivity index (χ3n) is 1.81. The summed E-state index contributed by atoms with van der Waals surface area (Å²) in [5, 5.41) is 0.959. The Balaban J connectivity index is 2.84. The average molecular weight is 208 g/mol. The summed E-state index contributed by atoms with van der Waals surface area (Å²) in [6, 6.07) is 9.24. The maximum Gasteiger partial charge on any atom is 0.175 e. The van der Waals surface area contributed by atoms with Crippen molar-refractivity contribution < 1.29 is 8.42 Å². The quantitative estimate of drug-likeness (QED) is 0.760. The van der Waals surface area contributed by atoms with Crippen molar-refractivity contribution in [3.05, 3.63) is 54.5 Å². The van der Waals surface area contributed by atoms with E-state index < -0.39 is 9.84 Å². The topological polar surface area (TPSA) is 34.1 Å². The third-order valence-corrected chi connectivity index (χ3v) is 3.07. The average Bonchev–Trinajstić information content (AvgIpc) is 2.19. The van der Waals surface area contributed by atoms with Gasteiger partial charge in [-0.15, -0.1) is 0 Å². The highest BCUT2D eigenvalue weighted by Gasteiger charge is 2.08. The largest absolute Gasteiger partial charge is 0.224 e. The van der Waals surface area contributed by atoms with E-state index in [9.17, 15) is 8.42 Å². The zero-order chi connectivity index (χ0) is 10.6. The van der Waals surface area contributed by atoms with Gasteiger partial charge in [-0.1, -0.05) is 43.5 Å². The maximum absolute atomic E-state index is 11.2. The summed E-state index contributed by atoms with van der Waals surface area (Å²) in [5.41, 5.74) is 1.43. The first-order valence-corrected chi connectivity index (χ1v) is 5.85. The van der Waals surface area contributed by atoms with E-state index in [1.165, 1.54) is 0 Å². The number of hydrogen-bond donors (Lipinski definition) is 0. The van der Waals surface area contributed by atoms with Crippen LogP contribution in [0.4, 0.5) is 0 Å². The first-order valence-electron chi connectivity index (χ1n) is 4.13. The van der Waals surface area contributed by atoms with Crippen molar-refractivity contribution in [2.45, 2.75) is 0 Å². The molecule has 0 spiro atoms. The van der Waals surface area contributed by atoms with Gasteiger partial charge in [-0.2, -0.15) is 0 Å². The lowest BCUT2D eigenvalue weighted by Crippen LogP contribution is -2.03. The van der Waals surface area contributed by atoms with Gasteiger partial charge in [0, 0.05) is 5.41 Å². The van der Waals surface area contributed by atoms with E-state index in [0.29, 0.717) is 5.57 Å². The first kappa shape index (κ1) is 10.7. The van der Waals surface area contributed by atoms with Crippen molar-refractivity contribution in [1.82, 2.24) is 0 Å². The summed E-state index contributed by atoms with van der Waals surface area (Å²) in [5.74, 6) is -0.0689. The van der Waals surface area contributed by atoms with Crippen LogP contribution in [0.5, 0.6) is 0 Å². The van der Waals surface area contributed by atoms with Gasteiger partial charge in [-0.05, 0) is 11.1 Å². The SMILES string of the molecule is C=CS(=O)(=O)CC(=C)c1ccccc1.